The molecular weight excluding hydrogens is 865 g/mol. The average Bonchev–Trinajstić information content (AvgIpc) is 4.10. The topological polar surface area (TPSA) is 210 Å². The number of nitrogens with one attached hydrogen (secondary N) is 2. The third-order valence-electron chi connectivity index (χ3n) is 12.1. The highest BCUT2D eigenvalue weighted by molar-refractivity contribution is 7.15. The SMILES string of the molecule is Cc1ncsc1-c1ccc([C@H](C)NC(=O)[C@@H]2C[C@@H](O)CN2C(=O)[C@@H](NC(=O)Cn2cc(-c3ccc(C4=N[C@@H](CC(=O)O)c5nnc(C)n5-c5sc(C)c(C)c54)cc3)cn2)C(C)(C)C)cc1. The summed E-state index contributed by atoms with van der Waals surface area (Å²) < 4.78 is 3.42. The minimum atomic E-state index is -1.00. The molecule has 65 heavy (non-hydrogen) atoms. The molecule has 6 aromatic rings. The van der Waals surface area contributed by atoms with Crippen LogP contribution in [0.2, 0.25) is 0 Å². The smallest absolute Gasteiger partial charge is 0.306 e. The van der Waals surface area contributed by atoms with Gasteiger partial charge in [-0.25, -0.2) is 4.98 Å². The lowest BCUT2D eigenvalue weighted by molar-refractivity contribution is -0.144. The highest BCUT2D eigenvalue weighted by atomic mass is 32.1. The summed E-state index contributed by atoms with van der Waals surface area (Å²) in [5, 5.41) is 40.5. The average molecular weight is 917 g/mol. The first-order valence-electron chi connectivity index (χ1n) is 21.4. The molecule has 1 saturated heterocycles. The maximum Gasteiger partial charge on any atom is 0.306 e. The molecular formula is C47H52N10O6S2. The van der Waals surface area contributed by atoms with Crippen molar-refractivity contribution in [3.63, 3.8) is 0 Å². The van der Waals surface area contributed by atoms with Gasteiger partial charge in [0.05, 0.1) is 46.6 Å². The Morgan fingerprint density at radius 2 is 1.62 bits per heavy atom. The Kier molecular flexibility index (Phi) is 12.4. The quantitative estimate of drug-likeness (QED) is 0.108. The summed E-state index contributed by atoms with van der Waals surface area (Å²) in [5.74, 6) is -1.13. The van der Waals surface area contributed by atoms with E-state index in [-0.39, 0.29) is 37.9 Å². The molecule has 338 valence electrons. The molecule has 1 fully saturated rings. The molecule has 0 unspecified atom stereocenters. The van der Waals surface area contributed by atoms with Crippen molar-refractivity contribution in [2.24, 2.45) is 10.4 Å². The van der Waals surface area contributed by atoms with Crippen molar-refractivity contribution in [2.75, 3.05) is 6.54 Å². The van der Waals surface area contributed by atoms with Crippen LogP contribution in [-0.4, -0.2) is 98.8 Å². The number of carbonyl (C=O) groups is 4. The van der Waals surface area contributed by atoms with E-state index in [1.807, 2.05) is 114 Å². The number of aryl methyl sites for hydroxylation is 3. The first-order chi connectivity index (χ1) is 30.9. The summed E-state index contributed by atoms with van der Waals surface area (Å²) in [4.78, 5) is 66.6. The number of β-amino-alcohol motifs (C(OH)–C–C–N with tert-alkyl or cyclic N) is 1. The number of rotatable bonds is 12. The van der Waals surface area contributed by atoms with Crippen LogP contribution in [0.15, 0.2) is 71.4 Å². The number of aliphatic hydroxyl groups is 1. The summed E-state index contributed by atoms with van der Waals surface area (Å²) in [6.45, 7) is 15.1. The number of carbonyl (C=O) groups excluding carboxylic acids is 3. The van der Waals surface area contributed by atoms with Crippen LogP contribution in [0.1, 0.15) is 97.1 Å². The van der Waals surface area contributed by atoms with E-state index in [4.69, 9.17) is 4.99 Å². The maximum atomic E-state index is 14.3. The number of fused-ring (bicyclic) bond motifs is 3. The van der Waals surface area contributed by atoms with Gasteiger partial charge in [0.1, 0.15) is 35.5 Å². The number of aliphatic imine (C=N–C) groups is 1. The van der Waals surface area contributed by atoms with Crippen molar-refractivity contribution in [3.05, 3.63) is 111 Å². The van der Waals surface area contributed by atoms with Crippen LogP contribution in [0.4, 0.5) is 0 Å². The molecule has 6 heterocycles. The molecule has 2 aliphatic rings. The molecule has 0 radical (unpaired) electrons. The Morgan fingerprint density at radius 1 is 0.923 bits per heavy atom. The molecule has 16 nitrogen and oxygen atoms in total. The normalized spacial score (nSPS) is 18.0. The highest BCUT2D eigenvalue weighted by Crippen LogP contribution is 2.40. The second-order valence-electron chi connectivity index (χ2n) is 17.9. The van der Waals surface area contributed by atoms with Crippen LogP contribution in [0, 0.1) is 33.1 Å². The molecule has 3 amide bonds. The zero-order chi connectivity index (χ0) is 46.5. The fraction of sp³-hybridized carbons (Fsp3) is 0.383. The van der Waals surface area contributed by atoms with Crippen LogP contribution in [0.25, 0.3) is 26.6 Å². The highest BCUT2D eigenvalue weighted by Gasteiger charge is 2.45. The van der Waals surface area contributed by atoms with Gasteiger partial charge in [-0.2, -0.15) is 5.10 Å². The number of nitrogens with zero attached hydrogens (tertiary/aromatic N) is 8. The fourth-order valence-corrected chi connectivity index (χ4v) is 10.5. The number of hydrogen-bond donors (Lipinski definition) is 4. The van der Waals surface area contributed by atoms with Crippen LogP contribution in [0.5, 0.6) is 0 Å². The number of hydrogen-bond acceptors (Lipinski definition) is 12. The lowest BCUT2D eigenvalue weighted by Gasteiger charge is -2.35. The standard InChI is InChI=1S/C47H52N10O6S2/c1-24-27(4)65-46-39(24)40(51-35(18-38(60)61)43-54-53-28(5)57(43)46)31-13-11-30(12-14-31)33-19-49-55(20-33)22-37(59)52-42(47(6,7)8)45(63)56-21-34(58)17-36(56)44(62)50-25(2)29-9-15-32(16-10-29)41-26(3)48-23-64-41/h9-16,19-20,23,25,34-36,42,58H,17-18,21-22H2,1-8H3,(H,50,62)(H,52,59)(H,60,61)/t25-,34+,35-,36-,42+/m0/s1. The van der Waals surface area contributed by atoms with Crippen molar-refractivity contribution < 1.29 is 29.4 Å². The number of benzene rings is 2. The summed E-state index contributed by atoms with van der Waals surface area (Å²) >= 11 is 3.17. The van der Waals surface area contributed by atoms with E-state index >= 15 is 0 Å². The van der Waals surface area contributed by atoms with Gasteiger partial charge in [-0.05, 0) is 62.3 Å². The van der Waals surface area contributed by atoms with Crippen LogP contribution in [0.3, 0.4) is 0 Å². The maximum absolute atomic E-state index is 14.3. The molecule has 18 heteroatoms. The van der Waals surface area contributed by atoms with Gasteiger partial charge in [0, 0.05) is 40.7 Å². The molecule has 0 bridgehead atoms. The van der Waals surface area contributed by atoms with E-state index < -0.39 is 47.4 Å². The van der Waals surface area contributed by atoms with Crippen LogP contribution < -0.4 is 10.6 Å². The first-order valence-corrected chi connectivity index (χ1v) is 23.1. The van der Waals surface area contributed by atoms with Crippen molar-refractivity contribution in [1.29, 1.82) is 0 Å². The largest absolute Gasteiger partial charge is 0.481 e. The molecule has 0 spiro atoms. The van der Waals surface area contributed by atoms with Crippen LogP contribution in [-0.2, 0) is 25.7 Å². The van der Waals surface area contributed by atoms with Gasteiger partial charge in [-0.3, -0.25) is 33.4 Å². The number of thiophene rings is 1. The van der Waals surface area contributed by atoms with Gasteiger partial charge in [0.25, 0.3) is 0 Å². The fourth-order valence-electron chi connectivity index (χ4n) is 8.48. The Hall–Kier alpha value is -6.37. The van der Waals surface area contributed by atoms with Gasteiger partial charge in [0.15, 0.2) is 5.82 Å². The summed E-state index contributed by atoms with van der Waals surface area (Å²) in [6, 6.07) is 12.6. The Bertz CT molecular complexity index is 2810. The molecule has 0 aliphatic carbocycles. The lowest BCUT2D eigenvalue weighted by atomic mass is 9.85. The van der Waals surface area contributed by atoms with Crippen molar-refractivity contribution in [2.45, 2.75) is 105 Å². The van der Waals surface area contributed by atoms with E-state index in [1.54, 1.807) is 35.1 Å². The number of aromatic nitrogens is 6. The summed E-state index contributed by atoms with van der Waals surface area (Å²) in [6.07, 6.45) is 2.34. The van der Waals surface area contributed by atoms with Crippen molar-refractivity contribution in [3.8, 4) is 26.6 Å². The number of thiazole rings is 1. The number of carboxylic acids is 1. The number of amides is 3. The van der Waals surface area contributed by atoms with Crippen molar-refractivity contribution >= 4 is 52.1 Å². The molecule has 8 rings (SSSR count). The third-order valence-corrected chi connectivity index (χ3v) is 14.3. The predicted octanol–water partition coefficient (Wildman–Crippen LogP) is 6.29. The van der Waals surface area contributed by atoms with Crippen LogP contribution >= 0.6 is 22.7 Å². The van der Waals surface area contributed by atoms with E-state index in [9.17, 15) is 29.4 Å². The first kappa shape index (κ1) is 45.2. The second kappa shape index (κ2) is 17.9. The minimum absolute atomic E-state index is 0.0376. The summed E-state index contributed by atoms with van der Waals surface area (Å²) in [5.41, 5.74) is 8.99. The Balaban J connectivity index is 0.942. The molecule has 4 N–H and O–H groups in total. The number of aliphatic carboxylic acids is 1. The van der Waals surface area contributed by atoms with Gasteiger partial charge >= 0.3 is 5.97 Å². The van der Waals surface area contributed by atoms with Gasteiger partial charge in [0.2, 0.25) is 17.7 Å². The predicted molar refractivity (Wildman–Crippen MR) is 248 cm³/mol. The van der Waals surface area contributed by atoms with E-state index in [0.29, 0.717) is 17.4 Å². The number of aliphatic hydroxyl groups excluding tert-OH is 1. The third kappa shape index (κ3) is 9.15. The number of carboxylic acid groups (broad SMARTS) is 1. The van der Waals surface area contributed by atoms with E-state index in [2.05, 4.69) is 30.9 Å². The molecule has 2 aliphatic heterocycles. The molecule has 2 aromatic carbocycles. The van der Waals surface area contributed by atoms with E-state index in [1.165, 1.54) is 9.58 Å². The molecule has 5 atom stereocenters. The molecule has 4 aromatic heterocycles. The molecule has 0 saturated carbocycles. The zero-order valence-corrected chi connectivity index (χ0v) is 39.1. The zero-order valence-electron chi connectivity index (χ0n) is 37.5. The van der Waals surface area contributed by atoms with E-state index in [0.717, 1.165) is 59.4 Å². The minimum Gasteiger partial charge on any atom is -0.481 e. The van der Waals surface area contributed by atoms with Gasteiger partial charge in [-0.15, -0.1) is 32.9 Å². The second-order valence-corrected chi connectivity index (χ2v) is 19.9. The van der Waals surface area contributed by atoms with Crippen molar-refractivity contribution in [1.82, 2.24) is 45.1 Å². The van der Waals surface area contributed by atoms with Gasteiger partial charge in [-0.1, -0.05) is 69.3 Å². The summed E-state index contributed by atoms with van der Waals surface area (Å²) in [7, 11) is 0. The Labute approximate surface area is 384 Å². The Morgan fingerprint density at radius 3 is 2.28 bits per heavy atom. The van der Waals surface area contributed by atoms with Gasteiger partial charge < -0.3 is 25.7 Å². The number of likely N-dealkylation sites (tertiary alicyclic amines) is 1. The monoisotopic (exact) mass is 916 g/mol. The lowest BCUT2D eigenvalue weighted by Crippen LogP contribution is -2.58.